The summed E-state index contributed by atoms with van der Waals surface area (Å²) in [4.78, 5) is 0. The molecule has 0 spiro atoms. The van der Waals surface area contributed by atoms with Gasteiger partial charge in [0.15, 0.2) is 0 Å². The molecule has 1 unspecified atom stereocenters. The van der Waals surface area contributed by atoms with Crippen molar-refractivity contribution in [1.29, 1.82) is 0 Å². The maximum Gasteiger partial charge on any atom is 0.0576 e. The Morgan fingerprint density at radius 1 is 1.46 bits per heavy atom. The van der Waals surface area contributed by atoms with Crippen LogP contribution in [-0.4, -0.2) is 24.4 Å². The van der Waals surface area contributed by atoms with Gasteiger partial charge >= 0.3 is 0 Å². The van der Waals surface area contributed by atoms with Gasteiger partial charge in [-0.1, -0.05) is 20.3 Å². The molecular formula is C11H22O2. The Labute approximate surface area is 81.3 Å². The SMILES string of the molecule is CC(C)(CO)CCCC1CCCO1. The summed E-state index contributed by atoms with van der Waals surface area (Å²) in [7, 11) is 0. The van der Waals surface area contributed by atoms with E-state index in [9.17, 15) is 0 Å². The number of ether oxygens (including phenoxy) is 1. The minimum atomic E-state index is 0.0958. The van der Waals surface area contributed by atoms with E-state index < -0.39 is 0 Å². The Hall–Kier alpha value is -0.0800. The van der Waals surface area contributed by atoms with Gasteiger partial charge in [0, 0.05) is 13.2 Å². The van der Waals surface area contributed by atoms with Crippen molar-refractivity contribution in [3.63, 3.8) is 0 Å². The molecule has 0 aromatic rings. The minimum absolute atomic E-state index is 0.0958. The lowest BCUT2D eigenvalue weighted by Crippen LogP contribution is -2.17. The average molecular weight is 186 g/mol. The molecule has 1 saturated heterocycles. The maximum absolute atomic E-state index is 9.05. The molecule has 1 aliphatic heterocycles. The third kappa shape index (κ3) is 4.10. The van der Waals surface area contributed by atoms with E-state index in [1.165, 1.54) is 25.7 Å². The number of rotatable bonds is 5. The van der Waals surface area contributed by atoms with Crippen LogP contribution in [0.25, 0.3) is 0 Å². The second-order valence-corrected chi connectivity index (χ2v) is 4.85. The monoisotopic (exact) mass is 186 g/mol. The molecule has 78 valence electrons. The van der Waals surface area contributed by atoms with E-state index in [1.807, 2.05) is 0 Å². The topological polar surface area (TPSA) is 29.5 Å². The van der Waals surface area contributed by atoms with Crippen molar-refractivity contribution in [2.45, 2.75) is 52.1 Å². The summed E-state index contributed by atoms with van der Waals surface area (Å²) in [6.07, 6.45) is 6.42. The van der Waals surface area contributed by atoms with Gasteiger partial charge in [-0.15, -0.1) is 0 Å². The van der Waals surface area contributed by atoms with Gasteiger partial charge in [-0.3, -0.25) is 0 Å². The highest BCUT2D eigenvalue weighted by Crippen LogP contribution is 2.25. The molecule has 0 saturated carbocycles. The number of hydrogen-bond donors (Lipinski definition) is 1. The maximum atomic E-state index is 9.05. The van der Waals surface area contributed by atoms with Crippen molar-refractivity contribution in [2.24, 2.45) is 5.41 Å². The average Bonchev–Trinajstić information content (AvgIpc) is 2.57. The molecule has 2 nitrogen and oxygen atoms in total. The molecule has 1 rings (SSSR count). The van der Waals surface area contributed by atoms with Gasteiger partial charge in [0.25, 0.3) is 0 Å². The summed E-state index contributed by atoms with van der Waals surface area (Å²) in [5.41, 5.74) is 0.0958. The predicted molar refractivity (Wildman–Crippen MR) is 53.7 cm³/mol. The Balaban J connectivity index is 2.06. The first-order chi connectivity index (χ1) is 6.14. The summed E-state index contributed by atoms with van der Waals surface area (Å²) in [5.74, 6) is 0. The Kier molecular flexibility index (Phi) is 4.20. The first-order valence-corrected chi connectivity index (χ1v) is 5.36. The van der Waals surface area contributed by atoms with Gasteiger partial charge < -0.3 is 9.84 Å². The van der Waals surface area contributed by atoms with Crippen molar-refractivity contribution in [3.05, 3.63) is 0 Å². The van der Waals surface area contributed by atoms with Crippen LogP contribution in [0.3, 0.4) is 0 Å². The number of aliphatic hydroxyl groups is 1. The molecule has 1 N–H and O–H groups in total. The standard InChI is InChI=1S/C11H22O2/c1-11(2,9-12)7-3-5-10-6-4-8-13-10/h10,12H,3-9H2,1-2H3. The lowest BCUT2D eigenvalue weighted by atomic mass is 9.87. The second-order valence-electron chi connectivity index (χ2n) is 4.85. The first kappa shape index (κ1) is 11.0. The van der Waals surface area contributed by atoms with Crippen molar-refractivity contribution in [1.82, 2.24) is 0 Å². The molecule has 0 aromatic carbocycles. The van der Waals surface area contributed by atoms with E-state index in [1.54, 1.807) is 0 Å². The normalized spacial score (nSPS) is 23.8. The predicted octanol–water partition coefficient (Wildman–Crippen LogP) is 2.35. The Morgan fingerprint density at radius 3 is 2.77 bits per heavy atom. The van der Waals surface area contributed by atoms with Gasteiger partial charge in [0.05, 0.1) is 6.10 Å². The molecule has 1 heterocycles. The molecule has 1 aliphatic rings. The highest BCUT2D eigenvalue weighted by Gasteiger charge is 2.19. The smallest absolute Gasteiger partial charge is 0.0576 e. The third-order valence-electron chi connectivity index (χ3n) is 2.83. The fourth-order valence-electron chi connectivity index (χ4n) is 1.76. The van der Waals surface area contributed by atoms with Gasteiger partial charge in [0.2, 0.25) is 0 Å². The molecule has 2 heteroatoms. The van der Waals surface area contributed by atoms with E-state index in [4.69, 9.17) is 9.84 Å². The lowest BCUT2D eigenvalue weighted by molar-refractivity contribution is 0.0926. The zero-order valence-electron chi connectivity index (χ0n) is 8.88. The Morgan fingerprint density at radius 2 is 2.23 bits per heavy atom. The molecule has 0 aromatic heterocycles. The van der Waals surface area contributed by atoms with Crippen LogP contribution in [0, 0.1) is 5.41 Å². The highest BCUT2D eigenvalue weighted by atomic mass is 16.5. The summed E-state index contributed by atoms with van der Waals surface area (Å²) in [5, 5.41) is 9.05. The van der Waals surface area contributed by atoms with Gasteiger partial charge in [0.1, 0.15) is 0 Å². The van der Waals surface area contributed by atoms with Crippen LogP contribution in [0.2, 0.25) is 0 Å². The van der Waals surface area contributed by atoms with E-state index >= 15 is 0 Å². The van der Waals surface area contributed by atoms with Crippen LogP contribution < -0.4 is 0 Å². The molecule has 13 heavy (non-hydrogen) atoms. The van der Waals surface area contributed by atoms with Gasteiger partial charge in [-0.2, -0.15) is 0 Å². The largest absolute Gasteiger partial charge is 0.396 e. The minimum Gasteiger partial charge on any atom is -0.396 e. The fourth-order valence-corrected chi connectivity index (χ4v) is 1.76. The van der Waals surface area contributed by atoms with E-state index in [0.717, 1.165) is 13.0 Å². The molecule has 1 fully saturated rings. The molecular weight excluding hydrogens is 164 g/mol. The first-order valence-electron chi connectivity index (χ1n) is 5.36. The van der Waals surface area contributed by atoms with E-state index in [0.29, 0.717) is 12.7 Å². The second kappa shape index (κ2) is 4.97. The summed E-state index contributed by atoms with van der Waals surface area (Å²) in [6, 6.07) is 0. The van der Waals surface area contributed by atoms with Gasteiger partial charge in [-0.25, -0.2) is 0 Å². The van der Waals surface area contributed by atoms with E-state index in [-0.39, 0.29) is 5.41 Å². The Bertz CT molecular complexity index is 137. The summed E-state index contributed by atoms with van der Waals surface area (Å²) >= 11 is 0. The van der Waals surface area contributed by atoms with Crippen LogP contribution in [0.4, 0.5) is 0 Å². The quantitative estimate of drug-likeness (QED) is 0.714. The van der Waals surface area contributed by atoms with Crippen LogP contribution in [0.5, 0.6) is 0 Å². The van der Waals surface area contributed by atoms with Crippen molar-refractivity contribution in [2.75, 3.05) is 13.2 Å². The molecule has 0 bridgehead atoms. The van der Waals surface area contributed by atoms with Crippen molar-refractivity contribution < 1.29 is 9.84 Å². The summed E-state index contributed by atoms with van der Waals surface area (Å²) < 4.78 is 5.54. The van der Waals surface area contributed by atoms with Crippen LogP contribution in [0.15, 0.2) is 0 Å². The van der Waals surface area contributed by atoms with Crippen LogP contribution in [-0.2, 0) is 4.74 Å². The molecule has 0 aliphatic carbocycles. The molecule has 0 amide bonds. The molecule has 1 atom stereocenters. The van der Waals surface area contributed by atoms with E-state index in [2.05, 4.69) is 13.8 Å². The number of aliphatic hydroxyl groups excluding tert-OH is 1. The van der Waals surface area contributed by atoms with Crippen molar-refractivity contribution in [3.8, 4) is 0 Å². The van der Waals surface area contributed by atoms with Crippen LogP contribution in [0.1, 0.15) is 46.0 Å². The lowest BCUT2D eigenvalue weighted by Gasteiger charge is -2.21. The zero-order valence-corrected chi connectivity index (χ0v) is 8.88. The highest BCUT2D eigenvalue weighted by molar-refractivity contribution is 4.70. The van der Waals surface area contributed by atoms with Crippen molar-refractivity contribution >= 4 is 0 Å². The molecule has 0 radical (unpaired) electrons. The third-order valence-corrected chi connectivity index (χ3v) is 2.83. The van der Waals surface area contributed by atoms with Crippen LogP contribution >= 0.6 is 0 Å². The van der Waals surface area contributed by atoms with Gasteiger partial charge in [-0.05, 0) is 31.1 Å². The summed E-state index contributed by atoms with van der Waals surface area (Å²) in [6.45, 7) is 5.47. The fraction of sp³-hybridized carbons (Fsp3) is 1.00. The zero-order chi connectivity index (χ0) is 9.73. The number of hydrogen-bond acceptors (Lipinski definition) is 2.